The number of carbonyl (C=O) groups is 1. The molecule has 0 saturated carbocycles. The van der Waals surface area contributed by atoms with Crippen molar-refractivity contribution >= 4 is 17.1 Å². The summed E-state index contributed by atoms with van der Waals surface area (Å²) >= 11 is 0. The van der Waals surface area contributed by atoms with Crippen molar-refractivity contribution < 1.29 is 9.18 Å². The Bertz CT molecular complexity index is 1170. The first-order valence-electron chi connectivity index (χ1n) is 10.0. The molecule has 0 aliphatic rings. The van der Waals surface area contributed by atoms with Crippen molar-refractivity contribution in [2.75, 3.05) is 6.54 Å². The normalized spacial score (nSPS) is 11.0. The Hall–Kier alpha value is -3.54. The molecular weight excluding hydrogens is 379 g/mol. The van der Waals surface area contributed by atoms with E-state index in [4.69, 9.17) is 4.98 Å². The minimum absolute atomic E-state index is 0.294. The van der Waals surface area contributed by atoms with Gasteiger partial charge in [0.1, 0.15) is 17.2 Å². The van der Waals surface area contributed by atoms with Crippen LogP contribution < -0.4 is 5.32 Å². The fourth-order valence-electron chi connectivity index (χ4n) is 3.45. The van der Waals surface area contributed by atoms with Crippen molar-refractivity contribution in [2.45, 2.75) is 26.3 Å². The van der Waals surface area contributed by atoms with Crippen LogP contribution in [0.4, 0.5) is 4.39 Å². The van der Waals surface area contributed by atoms with Gasteiger partial charge in [0, 0.05) is 31.3 Å². The number of fused-ring (bicyclic) bond motifs is 1. The molecule has 4 aromatic rings. The summed E-state index contributed by atoms with van der Waals surface area (Å²) in [6.45, 7) is 2.61. The Balaban J connectivity index is 1.47. The summed E-state index contributed by atoms with van der Waals surface area (Å²) in [4.78, 5) is 21.6. The molecule has 4 rings (SSSR count). The predicted molar refractivity (Wildman–Crippen MR) is 115 cm³/mol. The zero-order chi connectivity index (χ0) is 20.9. The summed E-state index contributed by atoms with van der Waals surface area (Å²) in [6.07, 6.45) is 3.39. The van der Waals surface area contributed by atoms with Crippen molar-refractivity contribution in [3.8, 4) is 0 Å². The first kappa shape index (κ1) is 19.8. The quantitative estimate of drug-likeness (QED) is 0.506. The van der Waals surface area contributed by atoms with E-state index in [0.717, 1.165) is 29.8 Å². The number of aromatic nitrogens is 3. The molecule has 2 aromatic carbocycles. The highest BCUT2D eigenvalue weighted by Crippen LogP contribution is 2.16. The molecular formula is C24H23FN4O. The molecule has 2 aromatic heterocycles. The van der Waals surface area contributed by atoms with Crippen molar-refractivity contribution in [3.63, 3.8) is 0 Å². The van der Waals surface area contributed by atoms with Crippen LogP contribution in [-0.2, 0) is 19.4 Å². The summed E-state index contributed by atoms with van der Waals surface area (Å²) in [5.74, 6) is 0.260. The van der Waals surface area contributed by atoms with E-state index in [1.165, 1.54) is 11.6 Å². The lowest BCUT2D eigenvalue weighted by Crippen LogP contribution is -2.28. The highest BCUT2D eigenvalue weighted by Gasteiger charge is 2.13. The van der Waals surface area contributed by atoms with Crippen molar-refractivity contribution in [1.82, 2.24) is 19.9 Å². The van der Waals surface area contributed by atoms with Gasteiger partial charge in [0.15, 0.2) is 5.65 Å². The van der Waals surface area contributed by atoms with Crippen LogP contribution in [0, 0.1) is 12.7 Å². The summed E-state index contributed by atoms with van der Waals surface area (Å²) in [7, 11) is 0. The van der Waals surface area contributed by atoms with E-state index in [1.54, 1.807) is 25.3 Å². The van der Waals surface area contributed by atoms with Gasteiger partial charge in [-0.1, -0.05) is 36.4 Å². The summed E-state index contributed by atoms with van der Waals surface area (Å²) < 4.78 is 15.8. The molecule has 152 valence electrons. The highest BCUT2D eigenvalue weighted by molar-refractivity contribution is 5.94. The first-order chi connectivity index (χ1) is 14.6. The second-order valence-electron chi connectivity index (χ2n) is 7.23. The van der Waals surface area contributed by atoms with E-state index in [2.05, 4.69) is 22.4 Å². The minimum Gasteiger partial charge on any atom is -0.350 e. The number of pyridine rings is 1. The van der Waals surface area contributed by atoms with Crippen LogP contribution in [0.5, 0.6) is 0 Å². The number of carbonyl (C=O) groups excluding carboxylic acids is 1. The number of aryl methyl sites for hydroxylation is 3. The fraction of sp³-hybridized carbons (Fsp3) is 0.208. The summed E-state index contributed by atoms with van der Waals surface area (Å²) in [6, 6.07) is 18.6. The van der Waals surface area contributed by atoms with Gasteiger partial charge in [-0.05, 0) is 48.7 Å². The molecule has 0 atom stereocenters. The molecule has 0 unspecified atom stereocenters. The van der Waals surface area contributed by atoms with Gasteiger partial charge in [-0.15, -0.1) is 0 Å². The Kier molecular flexibility index (Phi) is 5.84. The lowest BCUT2D eigenvalue weighted by Gasteiger charge is -2.10. The zero-order valence-corrected chi connectivity index (χ0v) is 16.8. The van der Waals surface area contributed by atoms with Crippen molar-refractivity contribution in [1.29, 1.82) is 0 Å². The van der Waals surface area contributed by atoms with E-state index < -0.39 is 0 Å². The molecule has 1 N–H and O–H groups in total. The molecule has 0 saturated heterocycles. The number of halogens is 1. The van der Waals surface area contributed by atoms with Gasteiger partial charge >= 0.3 is 0 Å². The van der Waals surface area contributed by atoms with Crippen molar-refractivity contribution in [3.05, 3.63) is 95.2 Å². The smallest absolute Gasteiger partial charge is 0.251 e. The average Bonchev–Trinajstić information content (AvgIpc) is 3.12. The number of imidazole rings is 1. The Morgan fingerprint density at radius 1 is 1.07 bits per heavy atom. The molecule has 2 heterocycles. The van der Waals surface area contributed by atoms with E-state index >= 15 is 0 Å². The minimum atomic E-state index is -0.379. The van der Waals surface area contributed by atoms with E-state index in [1.807, 2.05) is 34.9 Å². The van der Waals surface area contributed by atoms with Gasteiger partial charge in [-0.2, -0.15) is 0 Å². The number of amides is 1. The van der Waals surface area contributed by atoms with Gasteiger partial charge < -0.3 is 9.88 Å². The van der Waals surface area contributed by atoms with Gasteiger partial charge in [0.05, 0.1) is 0 Å². The predicted octanol–water partition coefficient (Wildman–Crippen LogP) is 4.09. The Labute approximate surface area is 174 Å². The fourth-order valence-corrected chi connectivity index (χ4v) is 3.45. The highest BCUT2D eigenvalue weighted by atomic mass is 19.1. The van der Waals surface area contributed by atoms with Crippen LogP contribution in [0.25, 0.3) is 11.2 Å². The number of rotatable bonds is 7. The third kappa shape index (κ3) is 4.38. The third-order valence-electron chi connectivity index (χ3n) is 5.12. The second-order valence-corrected chi connectivity index (χ2v) is 7.23. The number of nitrogens with zero attached hydrogens (tertiary/aromatic N) is 3. The first-order valence-corrected chi connectivity index (χ1v) is 10.0. The Morgan fingerprint density at radius 2 is 1.90 bits per heavy atom. The maximum Gasteiger partial charge on any atom is 0.251 e. The van der Waals surface area contributed by atoms with Crippen LogP contribution in [-0.4, -0.2) is 27.0 Å². The number of hydrogen-bond acceptors (Lipinski definition) is 3. The zero-order valence-electron chi connectivity index (χ0n) is 16.8. The van der Waals surface area contributed by atoms with Gasteiger partial charge in [0.2, 0.25) is 0 Å². The van der Waals surface area contributed by atoms with Gasteiger partial charge in [-0.25, -0.2) is 14.4 Å². The van der Waals surface area contributed by atoms with Crippen LogP contribution >= 0.6 is 0 Å². The van der Waals surface area contributed by atoms with Crippen molar-refractivity contribution in [2.24, 2.45) is 0 Å². The molecule has 0 fully saturated rings. The topological polar surface area (TPSA) is 59.8 Å². The number of nitrogens with one attached hydrogen (secondary N) is 1. The van der Waals surface area contributed by atoms with Crippen LogP contribution in [0.3, 0.4) is 0 Å². The van der Waals surface area contributed by atoms with Crippen LogP contribution in [0.1, 0.15) is 27.3 Å². The lowest BCUT2D eigenvalue weighted by molar-refractivity contribution is 0.0952. The third-order valence-corrected chi connectivity index (χ3v) is 5.12. The summed E-state index contributed by atoms with van der Waals surface area (Å²) in [5, 5.41) is 2.87. The van der Waals surface area contributed by atoms with Gasteiger partial charge in [0.25, 0.3) is 5.91 Å². The van der Waals surface area contributed by atoms with Crippen LogP contribution in [0.15, 0.2) is 66.9 Å². The Morgan fingerprint density at radius 3 is 2.70 bits per heavy atom. The maximum atomic E-state index is 13.7. The second kappa shape index (κ2) is 8.86. The number of hydrogen-bond donors (Lipinski definition) is 1. The van der Waals surface area contributed by atoms with E-state index in [9.17, 15) is 9.18 Å². The largest absolute Gasteiger partial charge is 0.350 e. The van der Waals surface area contributed by atoms with E-state index in [0.29, 0.717) is 24.2 Å². The molecule has 0 spiro atoms. The van der Waals surface area contributed by atoms with Gasteiger partial charge in [-0.3, -0.25) is 4.79 Å². The maximum absolute atomic E-state index is 13.7. The van der Waals surface area contributed by atoms with Crippen LogP contribution in [0.2, 0.25) is 0 Å². The monoisotopic (exact) mass is 402 g/mol. The molecule has 0 aliphatic heterocycles. The molecule has 1 amide bonds. The van der Waals surface area contributed by atoms with E-state index in [-0.39, 0.29) is 11.7 Å². The molecule has 0 bridgehead atoms. The molecule has 6 heteroatoms. The standard InChI is InChI=1S/C24H23FN4O/c1-17-9-11-19(16-20(17)25)24(30)27-14-15-29-22(12-10-18-6-3-2-4-7-18)28-21-8-5-13-26-23(21)29/h2-9,11,13,16H,10,12,14-15H2,1H3,(H,27,30). The molecule has 30 heavy (non-hydrogen) atoms. The SMILES string of the molecule is Cc1ccc(C(=O)NCCn2c(CCc3ccccc3)nc3cccnc32)cc1F. The molecule has 0 aliphatic carbocycles. The lowest BCUT2D eigenvalue weighted by atomic mass is 10.1. The summed E-state index contributed by atoms with van der Waals surface area (Å²) in [5.41, 5.74) is 3.73. The number of benzene rings is 2. The molecule has 0 radical (unpaired) electrons. The average molecular weight is 402 g/mol. The molecule has 5 nitrogen and oxygen atoms in total.